The molecule has 0 radical (unpaired) electrons. The van der Waals surface area contributed by atoms with Crippen LogP contribution >= 0.6 is 0 Å². The van der Waals surface area contributed by atoms with Crippen LogP contribution in [0.3, 0.4) is 0 Å². The molecule has 0 aliphatic carbocycles. The summed E-state index contributed by atoms with van der Waals surface area (Å²) in [5.41, 5.74) is 7.58. The van der Waals surface area contributed by atoms with Crippen LogP contribution in [0.1, 0.15) is 37.3 Å². The number of rotatable bonds is 2. The Kier molecular flexibility index (Phi) is 6.44. The molecular weight excluding hydrogens is 597 g/mol. The largest absolute Gasteiger partial charge is 0.489 e. The number of nitrogens with two attached hydrogens (primary N) is 1. The summed E-state index contributed by atoms with van der Waals surface area (Å²) in [5, 5.41) is 0.641. The van der Waals surface area contributed by atoms with Gasteiger partial charge in [-0.05, 0) is 68.3 Å². The monoisotopic (exact) mass is 628 g/mol. The topological polar surface area (TPSA) is 103 Å². The smallest absolute Gasteiger partial charge is 0.330 e. The van der Waals surface area contributed by atoms with Gasteiger partial charge in [-0.15, -0.1) is 0 Å². The van der Waals surface area contributed by atoms with Crippen LogP contribution < -0.4 is 10.5 Å². The number of aryl methyl sites for hydroxylation is 1. The number of nitrogen functional groups attached to an aromatic ring is 1. The normalized spacial score (nSPS) is 22.7. The van der Waals surface area contributed by atoms with Crippen molar-refractivity contribution in [2.45, 2.75) is 57.3 Å². The Morgan fingerprint density at radius 3 is 2.78 bits per heavy atom. The molecule has 6 heterocycles. The molecule has 9 nitrogen and oxygen atoms in total. The van der Waals surface area contributed by atoms with Crippen molar-refractivity contribution in [2.24, 2.45) is 0 Å². The number of hydrogen-bond acceptors (Lipinski definition) is 7. The van der Waals surface area contributed by atoms with Crippen LogP contribution in [0.5, 0.6) is 5.75 Å². The van der Waals surface area contributed by atoms with E-state index in [0.29, 0.717) is 41.8 Å². The Bertz CT molecular complexity index is 2040. The number of imidazole rings is 1. The first-order chi connectivity index (χ1) is 22.1. The van der Waals surface area contributed by atoms with Gasteiger partial charge in [-0.2, -0.15) is 4.39 Å². The Morgan fingerprint density at radius 2 is 2.02 bits per heavy atom. The van der Waals surface area contributed by atoms with E-state index in [0.717, 1.165) is 24.6 Å². The van der Waals surface area contributed by atoms with Crippen molar-refractivity contribution in [1.29, 1.82) is 0 Å². The number of anilines is 1. The molecule has 0 saturated carbocycles. The van der Waals surface area contributed by atoms with Gasteiger partial charge in [0.1, 0.15) is 30.3 Å². The summed E-state index contributed by atoms with van der Waals surface area (Å²) in [6, 6.07) is 9.21. The van der Waals surface area contributed by atoms with Crippen LogP contribution in [0.2, 0.25) is 0 Å². The standard InChI is InChI=1S/C34H31F3N6O3/c1-18-9-25(45-15-18)23-10-21-13-42-19(2)34(7-4-8-43(34)33(44)41-14-26(36)39-17-41)12-22(42)16-46-32(21)30(37)29(23)31-28-20(11-27(38)40-31)5-3-6-24(28)35/h3,5-6,9-11,14-15,17,19,22H,4,7-8,12-13,16H2,1-2H3,(H2,38,40). The lowest BCUT2D eigenvalue weighted by atomic mass is 9.87. The summed E-state index contributed by atoms with van der Waals surface area (Å²) in [7, 11) is 0. The fourth-order valence-electron chi connectivity index (χ4n) is 7.92. The number of pyridine rings is 1. The third kappa shape index (κ3) is 4.23. The molecule has 12 heteroatoms. The molecule has 2 aromatic carbocycles. The molecule has 46 heavy (non-hydrogen) atoms. The summed E-state index contributed by atoms with van der Waals surface area (Å²) in [5.74, 6) is -1.35. The summed E-state index contributed by atoms with van der Waals surface area (Å²) in [6.07, 6.45) is 6.06. The molecule has 3 unspecified atom stereocenters. The predicted octanol–water partition coefficient (Wildman–Crippen LogP) is 6.52. The highest BCUT2D eigenvalue weighted by atomic mass is 19.1. The van der Waals surface area contributed by atoms with Gasteiger partial charge in [-0.25, -0.2) is 23.5 Å². The van der Waals surface area contributed by atoms with Crippen molar-refractivity contribution >= 4 is 22.6 Å². The number of ether oxygens (including phenoxy) is 1. The van der Waals surface area contributed by atoms with Gasteiger partial charge in [0.15, 0.2) is 11.6 Å². The van der Waals surface area contributed by atoms with E-state index in [2.05, 4.69) is 21.8 Å². The van der Waals surface area contributed by atoms with Gasteiger partial charge in [0.25, 0.3) is 0 Å². The fraction of sp³-hybridized carbons (Fsp3) is 0.324. The number of benzene rings is 2. The molecule has 2 saturated heterocycles. The third-order valence-corrected chi connectivity index (χ3v) is 10.00. The van der Waals surface area contributed by atoms with Gasteiger partial charge in [0.05, 0.1) is 29.3 Å². The second-order valence-electron chi connectivity index (χ2n) is 12.6. The minimum absolute atomic E-state index is 0.0437. The number of furan rings is 1. The predicted molar refractivity (Wildman–Crippen MR) is 165 cm³/mol. The molecule has 2 N–H and O–H groups in total. The van der Waals surface area contributed by atoms with Gasteiger partial charge >= 0.3 is 6.03 Å². The minimum Gasteiger partial charge on any atom is -0.489 e. The number of likely N-dealkylation sites (tertiary alicyclic amines) is 1. The molecule has 3 aliphatic heterocycles. The van der Waals surface area contributed by atoms with Gasteiger partial charge < -0.3 is 19.8 Å². The zero-order chi connectivity index (χ0) is 31.9. The van der Waals surface area contributed by atoms with E-state index in [-0.39, 0.29) is 52.9 Å². The number of hydrogen-bond donors (Lipinski definition) is 1. The van der Waals surface area contributed by atoms with Crippen LogP contribution in [0.15, 0.2) is 59.6 Å². The van der Waals surface area contributed by atoms with E-state index < -0.39 is 23.1 Å². The van der Waals surface area contributed by atoms with E-state index in [9.17, 15) is 9.18 Å². The van der Waals surface area contributed by atoms with Crippen molar-refractivity contribution in [2.75, 3.05) is 18.9 Å². The summed E-state index contributed by atoms with van der Waals surface area (Å²) in [4.78, 5) is 25.7. The highest BCUT2D eigenvalue weighted by Crippen LogP contribution is 2.50. The molecule has 236 valence electrons. The molecule has 3 aromatic heterocycles. The lowest BCUT2D eigenvalue weighted by molar-refractivity contribution is 0.103. The second kappa shape index (κ2) is 10.3. The van der Waals surface area contributed by atoms with E-state index in [1.165, 1.54) is 17.0 Å². The molecule has 5 aromatic rings. The first-order valence-corrected chi connectivity index (χ1v) is 15.3. The highest BCUT2D eigenvalue weighted by molar-refractivity contribution is 6.00. The van der Waals surface area contributed by atoms with Crippen molar-refractivity contribution in [3.63, 3.8) is 0 Å². The maximum atomic E-state index is 17.0. The molecule has 1 amide bonds. The van der Waals surface area contributed by atoms with Crippen molar-refractivity contribution < 1.29 is 27.1 Å². The first kappa shape index (κ1) is 28.6. The maximum Gasteiger partial charge on any atom is 0.330 e. The zero-order valence-electron chi connectivity index (χ0n) is 25.3. The number of nitrogens with zero attached hydrogens (tertiary/aromatic N) is 5. The summed E-state index contributed by atoms with van der Waals surface area (Å²) in [6.45, 7) is 5.01. The van der Waals surface area contributed by atoms with E-state index in [1.807, 2.05) is 17.9 Å². The van der Waals surface area contributed by atoms with Crippen LogP contribution in [-0.2, 0) is 6.54 Å². The Labute approximate surface area is 262 Å². The number of halogens is 3. The Hall–Kier alpha value is -4.84. The Balaban J connectivity index is 1.24. The van der Waals surface area contributed by atoms with E-state index in [4.69, 9.17) is 14.9 Å². The van der Waals surface area contributed by atoms with Crippen LogP contribution in [0, 0.1) is 24.5 Å². The van der Waals surface area contributed by atoms with Crippen LogP contribution in [0.4, 0.5) is 23.8 Å². The number of carbonyl (C=O) groups excluding carboxylic acids is 1. The molecule has 3 atom stereocenters. The SMILES string of the molecule is Cc1coc(-c2cc3c(c(F)c2-c2nc(N)cc4cccc(F)c24)OCC2CC4(CCCN4C(=O)n4cnc(F)c4)C(C)N2C3)c1. The van der Waals surface area contributed by atoms with Gasteiger partial charge in [-0.1, -0.05) is 12.1 Å². The Morgan fingerprint density at radius 1 is 1.17 bits per heavy atom. The number of fused-ring (bicyclic) bond motifs is 3. The third-order valence-electron chi connectivity index (χ3n) is 10.00. The van der Waals surface area contributed by atoms with Crippen molar-refractivity contribution in [1.82, 2.24) is 24.3 Å². The molecule has 1 spiro atoms. The average molecular weight is 629 g/mol. The number of aromatic nitrogens is 3. The number of amides is 1. The fourth-order valence-corrected chi connectivity index (χ4v) is 7.92. The summed E-state index contributed by atoms with van der Waals surface area (Å²) < 4.78 is 59.4. The second-order valence-corrected chi connectivity index (χ2v) is 12.6. The quantitative estimate of drug-likeness (QED) is 0.237. The molecule has 0 bridgehead atoms. The first-order valence-electron chi connectivity index (χ1n) is 15.3. The van der Waals surface area contributed by atoms with E-state index in [1.54, 1.807) is 30.5 Å². The van der Waals surface area contributed by atoms with Gasteiger partial charge in [0, 0.05) is 41.7 Å². The van der Waals surface area contributed by atoms with Gasteiger partial charge in [0.2, 0.25) is 5.95 Å². The molecular formula is C34H31F3N6O3. The zero-order valence-corrected chi connectivity index (χ0v) is 25.3. The molecule has 3 aliphatic rings. The molecule has 8 rings (SSSR count). The number of carbonyl (C=O) groups is 1. The maximum absolute atomic E-state index is 17.0. The minimum atomic E-state index is -0.715. The van der Waals surface area contributed by atoms with E-state index >= 15 is 8.78 Å². The van der Waals surface area contributed by atoms with Gasteiger partial charge in [-0.3, -0.25) is 9.47 Å². The van der Waals surface area contributed by atoms with Crippen LogP contribution in [0.25, 0.3) is 33.4 Å². The van der Waals surface area contributed by atoms with Crippen LogP contribution in [-0.4, -0.2) is 61.1 Å². The summed E-state index contributed by atoms with van der Waals surface area (Å²) >= 11 is 0. The average Bonchev–Trinajstić information content (AvgIpc) is 3.79. The van der Waals surface area contributed by atoms with Crippen molar-refractivity contribution in [3.8, 4) is 28.3 Å². The molecule has 2 fully saturated rings. The lowest BCUT2D eigenvalue weighted by Gasteiger charge is -2.40. The van der Waals surface area contributed by atoms with Crippen molar-refractivity contribution in [3.05, 3.63) is 83.9 Å². The lowest BCUT2D eigenvalue weighted by Crippen LogP contribution is -2.55. The highest BCUT2D eigenvalue weighted by Gasteiger charge is 2.57.